The highest BCUT2D eigenvalue weighted by molar-refractivity contribution is 5.88. The molecule has 2 nitrogen and oxygen atoms in total. The largest absolute Gasteiger partial charge is 0.324 e. The summed E-state index contributed by atoms with van der Waals surface area (Å²) in [5, 5.41) is 0. The molecular weight excluding hydrogens is 198 g/mol. The molecule has 0 aliphatic heterocycles. The van der Waals surface area contributed by atoms with Crippen molar-refractivity contribution in [1.29, 1.82) is 0 Å². The fourth-order valence-electron chi connectivity index (χ4n) is 1.80. The van der Waals surface area contributed by atoms with Crippen molar-refractivity contribution in [2.24, 2.45) is 5.73 Å². The Morgan fingerprint density at radius 2 is 1.44 bits per heavy atom. The zero-order valence-corrected chi connectivity index (χ0v) is 10.8. The zero-order chi connectivity index (χ0) is 12.1. The van der Waals surface area contributed by atoms with Gasteiger partial charge in [0.05, 0.1) is 6.54 Å². The SMILES string of the molecule is CCCCCCCCCCC[CH]C(=O)CN. The molecule has 0 unspecified atom stereocenters. The molecule has 0 heterocycles. The number of Topliss-reactive ketones (excluding diaryl/α,β-unsaturated/α-hetero) is 1. The van der Waals surface area contributed by atoms with Crippen molar-refractivity contribution < 1.29 is 4.79 Å². The lowest BCUT2D eigenvalue weighted by Gasteiger charge is -2.01. The molecule has 2 heteroatoms. The zero-order valence-electron chi connectivity index (χ0n) is 10.8. The van der Waals surface area contributed by atoms with Crippen LogP contribution in [0.15, 0.2) is 0 Å². The van der Waals surface area contributed by atoms with Gasteiger partial charge in [0.15, 0.2) is 0 Å². The summed E-state index contributed by atoms with van der Waals surface area (Å²) in [5.74, 6) is 0.0829. The van der Waals surface area contributed by atoms with Gasteiger partial charge in [-0.05, 0) is 6.42 Å². The third-order valence-electron chi connectivity index (χ3n) is 2.88. The van der Waals surface area contributed by atoms with Crippen LogP contribution >= 0.6 is 0 Å². The van der Waals surface area contributed by atoms with E-state index in [1.54, 1.807) is 6.42 Å². The number of hydrogen-bond acceptors (Lipinski definition) is 2. The van der Waals surface area contributed by atoms with Crippen LogP contribution in [0.25, 0.3) is 0 Å². The summed E-state index contributed by atoms with van der Waals surface area (Å²) in [6, 6.07) is 0. The Bertz CT molecular complexity index is 157. The Labute approximate surface area is 101 Å². The van der Waals surface area contributed by atoms with E-state index in [9.17, 15) is 4.79 Å². The molecule has 0 fully saturated rings. The van der Waals surface area contributed by atoms with E-state index in [1.807, 2.05) is 0 Å². The molecule has 0 aromatic rings. The second kappa shape index (κ2) is 12.7. The predicted molar refractivity (Wildman–Crippen MR) is 70.2 cm³/mol. The summed E-state index contributed by atoms with van der Waals surface area (Å²) >= 11 is 0. The normalized spacial score (nSPS) is 10.6. The Balaban J connectivity index is 2.96. The second-order valence-corrected chi connectivity index (χ2v) is 4.49. The average molecular weight is 226 g/mol. The van der Waals surface area contributed by atoms with Gasteiger partial charge >= 0.3 is 0 Å². The minimum absolute atomic E-state index is 0.0829. The third kappa shape index (κ3) is 11.7. The number of nitrogens with two attached hydrogens (primary N) is 1. The van der Waals surface area contributed by atoms with Gasteiger partial charge < -0.3 is 5.73 Å². The number of unbranched alkanes of at least 4 members (excludes halogenated alkanes) is 9. The van der Waals surface area contributed by atoms with Gasteiger partial charge in [-0.3, -0.25) is 4.79 Å². The van der Waals surface area contributed by atoms with Crippen molar-refractivity contribution >= 4 is 5.78 Å². The minimum Gasteiger partial charge on any atom is -0.324 e. The van der Waals surface area contributed by atoms with Crippen LogP contribution in [0.2, 0.25) is 0 Å². The molecule has 0 aliphatic rings. The number of ketones is 1. The fourth-order valence-corrected chi connectivity index (χ4v) is 1.80. The van der Waals surface area contributed by atoms with Crippen LogP contribution in [0, 0.1) is 6.42 Å². The first kappa shape index (κ1) is 15.6. The molecule has 16 heavy (non-hydrogen) atoms. The van der Waals surface area contributed by atoms with Gasteiger partial charge in [0, 0.05) is 6.42 Å². The molecule has 0 spiro atoms. The molecule has 95 valence electrons. The number of carbonyl (C=O) groups is 1. The van der Waals surface area contributed by atoms with Crippen LogP contribution in [0.4, 0.5) is 0 Å². The predicted octanol–water partition coefficient (Wildman–Crippen LogP) is 3.64. The topological polar surface area (TPSA) is 43.1 Å². The summed E-state index contributed by atoms with van der Waals surface area (Å²) in [5.41, 5.74) is 5.21. The van der Waals surface area contributed by atoms with Gasteiger partial charge in [0.1, 0.15) is 5.78 Å². The van der Waals surface area contributed by atoms with Crippen molar-refractivity contribution in [1.82, 2.24) is 0 Å². The highest BCUT2D eigenvalue weighted by atomic mass is 16.1. The van der Waals surface area contributed by atoms with Gasteiger partial charge in [0.25, 0.3) is 0 Å². The summed E-state index contributed by atoms with van der Waals surface area (Å²) in [6.45, 7) is 2.41. The molecule has 0 saturated heterocycles. The molecule has 2 N–H and O–H groups in total. The Morgan fingerprint density at radius 3 is 1.94 bits per heavy atom. The summed E-state index contributed by atoms with van der Waals surface area (Å²) in [7, 11) is 0. The lowest BCUT2D eigenvalue weighted by Crippen LogP contribution is -2.13. The summed E-state index contributed by atoms with van der Waals surface area (Å²) in [4.78, 5) is 10.9. The first-order chi connectivity index (χ1) is 7.81. The Morgan fingerprint density at radius 1 is 0.938 bits per heavy atom. The second-order valence-electron chi connectivity index (χ2n) is 4.49. The Hall–Kier alpha value is -0.370. The van der Waals surface area contributed by atoms with Gasteiger partial charge in [0.2, 0.25) is 0 Å². The smallest absolute Gasteiger partial charge is 0.150 e. The first-order valence-corrected chi connectivity index (χ1v) is 6.87. The van der Waals surface area contributed by atoms with Crippen LogP contribution in [-0.2, 0) is 4.79 Å². The van der Waals surface area contributed by atoms with Gasteiger partial charge in [-0.15, -0.1) is 0 Å². The van der Waals surface area contributed by atoms with Crippen LogP contribution < -0.4 is 5.73 Å². The van der Waals surface area contributed by atoms with Crippen LogP contribution in [0.5, 0.6) is 0 Å². The molecule has 0 saturated carbocycles. The van der Waals surface area contributed by atoms with Crippen LogP contribution in [0.3, 0.4) is 0 Å². The molecule has 1 radical (unpaired) electrons. The highest BCUT2D eigenvalue weighted by Gasteiger charge is 1.98. The number of rotatable bonds is 12. The quantitative estimate of drug-likeness (QED) is 0.516. The summed E-state index contributed by atoms with van der Waals surface area (Å²) in [6.07, 6.45) is 14.6. The molecular formula is C14H28NO. The molecule has 0 aromatic carbocycles. The molecule has 0 amide bonds. The maximum Gasteiger partial charge on any atom is 0.150 e. The molecule has 0 aliphatic carbocycles. The van der Waals surface area contributed by atoms with E-state index in [0.29, 0.717) is 0 Å². The Kier molecular flexibility index (Phi) is 12.4. The molecule has 0 bridgehead atoms. The molecule has 0 atom stereocenters. The van der Waals surface area contributed by atoms with Crippen molar-refractivity contribution in [3.05, 3.63) is 6.42 Å². The van der Waals surface area contributed by atoms with E-state index in [4.69, 9.17) is 5.73 Å². The monoisotopic (exact) mass is 226 g/mol. The van der Waals surface area contributed by atoms with E-state index in [2.05, 4.69) is 6.92 Å². The minimum atomic E-state index is 0.0829. The number of hydrogen-bond donors (Lipinski definition) is 1. The third-order valence-corrected chi connectivity index (χ3v) is 2.88. The lowest BCUT2D eigenvalue weighted by atomic mass is 10.1. The van der Waals surface area contributed by atoms with E-state index < -0.39 is 0 Å². The summed E-state index contributed by atoms with van der Waals surface area (Å²) < 4.78 is 0. The van der Waals surface area contributed by atoms with E-state index >= 15 is 0 Å². The fraction of sp³-hybridized carbons (Fsp3) is 0.857. The van der Waals surface area contributed by atoms with Crippen molar-refractivity contribution in [2.75, 3.05) is 6.54 Å². The maximum absolute atomic E-state index is 10.9. The van der Waals surface area contributed by atoms with Crippen molar-refractivity contribution in [3.63, 3.8) is 0 Å². The van der Waals surface area contributed by atoms with Gasteiger partial charge in [-0.25, -0.2) is 0 Å². The van der Waals surface area contributed by atoms with Crippen molar-refractivity contribution in [3.8, 4) is 0 Å². The highest BCUT2D eigenvalue weighted by Crippen LogP contribution is 2.10. The van der Waals surface area contributed by atoms with Gasteiger partial charge in [-0.2, -0.15) is 0 Å². The number of carbonyl (C=O) groups excluding carboxylic acids is 1. The lowest BCUT2D eigenvalue weighted by molar-refractivity contribution is -0.114. The van der Waals surface area contributed by atoms with E-state index in [-0.39, 0.29) is 12.3 Å². The van der Waals surface area contributed by atoms with Gasteiger partial charge in [-0.1, -0.05) is 64.7 Å². The van der Waals surface area contributed by atoms with E-state index in [1.165, 1.54) is 51.4 Å². The van der Waals surface area contributed by atoms with Crippen LogP contribution in [-0.4, -0.2) is 12.3 Å². The standard InChI is InChI=1S/C14H28NO/c1-2-3-4-5-6-7-8-9-10-11-12-14(16)13-15/h12H,2-11,13,15H2,1H3. The first-order valence-electron chi connectivity index (χ1n) is 6.87. The maximum atomic E-state index is 10.9. The van der Waals surface area contributed by atoms with E-state index in [0.717, 1.165) is 12.8 Å². The van der Waals surface area contributed by atoms with Crippen molar-refractivity contribution in [2.45, 2.75) is 71.1 Å². The average Bonchev–Trinajstić information content (AvgIpc) is 2.31. The molecule has 0 rings (SSSR count). The van der Waals surface area contributed by atoms with Crippen LogP contribution in [0.1, 0.15) is 71.1 Å². The molecule has 0 aromatic heterocycles.